The Morgan fingerprint density at radius 2 is 0.705 bits per heavy atom. The molecule has 53 nitrogen and oxygen atoms in total. The van der Waals surface area contributed by atoms with Gasteiger partial charge < -0.3 is 60.9 Å². The summed E-state index contributed by atoms with van der Waals surface area (Å²) in [5.41, 5.74) is 0. The van der Waals surface area contributed by atoms with Crippen LogP contribution in [0.3, 0.4) is 0 Å². The first-order valence-electron chi connectivity index (χ1n) is 37.4. The Labute approximate surface area is 697 Å². The van der Waals surface area contributed by atoms with Crippen molar-refractivity contribution in [2.75, 3.05) is 79.8 Å². The maximum absolute atomic E-state index is 13.3. The van der Waals surface area contributed by atoms with Crippen LogP contribution < -0.4 is 40.5 Å². The van der Waals surface area contributed by atoms with Crippen LogP contribution in [0.5, 0.6) is 0 Å². The Balaban J connectivity index is 0.000000252. The van der Waals surface area contributed by atoms with E-state index in [-0.39, 0.29) is 139 Å². The van der Waals surface area contributed by atoms with E-state index in [1.807, 2.05) is 0 Å². The summed E-state index contributed by atoms with van der Waals surface area (Å²) in [5.74, 6) is -11.4. The summed E-state index contributed by atoms with van der Waals surface area (Å²) in [7, 11) is -10.9. The van der Waals surface area contributed by atoms with E-state index in [2.05, 4.69) is 40.5 Å². The molecule has 0 bridgehead atoms. The molecule has 8 fully saturated rings. The highest BCUT2D eigenvalue weighted by Gasteiger charge is 2.50. The number of carbonyl (C=O) groups excluding carboxylic acids is 16. The fraction of sp³-hybridized carbons (Fsp3) is 0.600. The Bertz CT molecular complexity index is 4510. The molecular formula is C65H95N21O32S4. The van der Waals surface area contributed by atoms with Gasteiger partial charge in [0.1, 0.15) is 55.4 Å². The summed E-state index contributed by atoms with van der Waals surface area (Å²) in [6.07, 6.45) is -0.113. The van der Waals surface area contributed by atoms with Crippen LogP contribution in [0.2, 0.25) is 0 Å². The molecule has 8 saturated heterocycles. The summed E-state index contributed by atoms with van der Waals surface area (Å²) in [6.45, 7) is 1.27. The largest absolute Gasteiger partial charge is 0.481 e. The van der Waals surface area contributed by atoms with Crippen molar-refractivity contribution < 1.29 is 150 Å². The second-order valence-electron chi connectivity index (χ2n) is 28.1. The second-order valence-corrected chi connectivity index (χ2v) is 35.6. The number of sulfonamides is 2. The lowest BCUT2D eigenvalue weighted by molar-refractivity contribution is -0.176. The van der Waals surface area contributed by atoms with Gasteiger partial charge in [0.25, 0.3) is 36.3 Å². The number of benzene rings is 1. The van der Waals surface area contributed by atoms with Gasteiger partial charge in [-0.05, 0) is 76.8 Å². The van der Waals surface area contributed by atoms with Crippen LogP contribution in [0.25, 0.3) is 0 Å². The SMILES string of the molecule is CCS(=O)(=O)NN1CCC(=O)N2CCC[C@@H](C(=O)N[C@H](C=O)CC(=O)O)N2C1=O.CN(C)S(=O)(=O)NN1CCC(=O)N2CCC[C@@H](C(=O)N[C@H](C=O)CC(=O)O)N2C1=O.CN(C)S(=O)(=O)N[C@H]1CCC(=O)N2CCC[C@@H](C(=O)N[C@H](C=O)CC(=O)O)N2C1=O.O=C[C@H](CC(=O)O)NC(=O)[C@@H]1CCCN2C(=O)CCN(NS(=O)(=O)c3ccccc3)C(=O)N12. The van der Waals surface area contributed by atoms with Crippen LogP contribution in [0.4, 0.5) is 14.4 Å². The molecule has 0 radical (unpaired) electrons. The Kier molecular flexibility index (Phi) is 35.6. The minimum Gasteiger partial charge on any atom is -0.481 e. The van der Waals surface area contributed by atoms with Gasteiger partial charge in [-0.3, -0.25) is 67.3 Å². The zero-order valence-corrected chi connectivity index (χ0v) is 69.5. The van der Waals surface area contributed by atoms with E-state index in [0.29, 0.717) is 25.7 Å². The zero-order chi connectivity index (χ0) is 91.2. The predicted octanol–water partition coefficient (Wildman–Crippen LogP) is -7.97. The van der Waals surface area contributed by atoms with Crippen LogP contribution in [0, 0.1) is 0 Å². The number of hydrazine groups is 7. The van der Waals surface area contributed by atoms with Gasteiger partial charge in [0.2, 0.25) is 57.3 Å². The van der Waals surface area contributed by atoms with Gasteiger partial charge >= 0.3 is 42.0 Å². The number of aldehydes is 4. The normalized spacial score (nSPS) is 21.5. The minimum absolute atomic E-state index is 0.0813. The lowest BCUT2D eigenvalue weighted by Gasteiger charge is -2.43. The van der Waals surface area contributed by atoms with Gasteiger partial charge in [0, 0.05) is 99.7 Å². The molecule has 57 heteroatoms. The number of nitrogens with zero attached hydrogens (tertiary/aromatic N) is 13. The molecule has 12 N–H and O–H groups in total. The molecule has 8 aliphatic heterocycles. The molecular weight excluding hydrogens is 1720 g/mol. The molecule has 0 saturated carbocycles. The van der Waals surface area contributed by atoms with Crippen LogP contribution >= 0.6 is 0 Å². The summed E-state index contributed by atoms with van der Waals surface area (Å²) in [5, 5.41) is 54.5. The number of carbonyl (C=O) groups is 20. The van der Waals surface area contributed by atoms with Crippen LogP contribution in [0.15, 0.2) is 35.2 Å². The van der Waals surface area contributed by atoms with Crippen molar-refractivity contribution in [2.45, 2.75) is 175 Å². The number of carboxylic acids is 4. The standard InChI is InChI=1S/C19H23N5O8S.C16H25N5O8S.C15H24N6O8S.C15H23N5O8S/c25-12-13(11-17(27)28)20-18(29)15-7-4-9-23-16(26)8-10-22(19(30)24(15)23)21-33(31,32)14-5-2-1-3-6-14;1-19(2)30(28,29)18-11-5-6-13(23)20-7-3-4-12(21(20)16(11)27)15(26)17-10(9-22)8-14(24)25;1-18(2)30(28,29)17-19-7-5-12(23)20-6-3-4-11(21(20)15(19)27)14(26)16-10(9-22)8-13(24)25;1-2-29(27,28)17-18-7-5-12(22)19-6-3-4-11(20(19)15(18)26)14(25)16-10(9-21)8-13(23)24/h1-3,5-6,12-13,15,21H,4,7-11H2,(H,20,29)(H,27,28);9-12,18H,3-8H2,1-2H3,(H,17,26)(H,24,25);9-11,17H,3-8H2,1-2H3,(H,16,26)(H,24,25);9-11,17H,2-8H2,1H3,(H,16,25)(H,23,24)/t13-,15-;10-,11-,12-;2*10-,11-/m0000/s1. The van der Waals surface area contributed by atoms with Crippen molar-refractivity contribution >= 4 is 161 Å². The lowest BCUT2D eigenvalue weighted by atomic mass is 10.1. The third-order valence-electron chi connectivity index (χ3n) is 19.0. The topological polar surface area (TPSA) is 697 Å². The van der Waals surface area contributed by atoms with Crippen molar-refractivity contribution in [3.63, 3.8) is 0 Å². The monoisotopic (exact) mass is 1810 g/mol. The Morgan fingerprint density at radius 1 is 0.410 bits per heavy atom. The molecule has 0 aliphatic carbocycles. The van der Waals surface area contributed by atoms with Crippen molar-refractivity contribution in [1.29, 1.82) is 0 Å². The number of carboxylic acid groups (broad SMARTS) is 4. The first-order chi connectivity index (χ1) is 57.2. The van der Waals surface area contributed by atoms with E-state index in [1.165, 1.54) is 59.4 Å². The smallest absolute Gasteiger partial charge is 0.354 e. The van der Waals surface area contributed by atoms with Gasteiger partial charge in [-0.2, -0.15) is 30.2 Å². The average molecular weight is 1810 g/mol. The molecule has 122 heavy (non-hydrogen) atoms. The molecule has 9 atom stereocenters. The van der Waals surface area contributed by atoms with Gasteiger partial charge in [0.15, 0.2) is 0 Å². The van der Waals surface area contributed by atoms with Gasteiger partial charge in [-0.15, -0.1) is 14.5 Å². The number of rotatable bonds is 32. The first-order valence-corrected chi connectivity index (χ1v) is 43.4. The van der Waals surface area contributed by atoms with E-state index in [0.717, 1.165) is 63.7 Å². The number of aliphatic carboxylic acids is 4. The highest BCUT2D eigenvalue weighted by atomic mass is 32.2. The molecule has 15 amide bonds. The number of urea groups is 3. The summed E-state index contributed by atoms with van der Waals surface area (Å²) in [6, 6.07) is -6.84. The zero-order valence-electron chi connectivity index (χ0n) is 66.2. The molecule has 8 aliphatic rings. The average Bonchev–Trinajstić information content (AvgIpc) is 1.55. The Morgan fingerprint density at radius 3 is 1.01 bits per heavy atom. The van der Waals surface area contributed by atoms with Crippen LogP contribution in [0.1, 0.15) is 116 Å². The van der Waals surface area contributed by atoms with E-state index >= 15 is 0 Å². The second kappa shape index (κ2) is 43.7. The van der Waals surface area contributed by atoms with Gasteiger partial charge in [-0.1, -0.05) is 18.2 Å². The van der Waals surface area contributed by atoms with E-state index < -0.39 is 216 Å². The first kappa shape index (κ1) is 99.2. The van der Waals surface area contributed by atoms with Crippen LogP contribution in [-0.2, 0) is 122 Å². The molecule has 0 aromatic heterocycles. The number of fused-ring (bicyclic) bond motifs is 4. The van der Waals surface area contributed by atoms with Crippen molar-refractivity contribution in [1.82, 2.24) is 104 Å². The number of hydrogen-bond acceptors (Lipinski definition) is 28. The van der Waals surface area contributed by atoms with E-state index in [9.17, 15) is 130 Å². The fourth-order valence-electron chi connectivity index (χ4n) is 12.9. The third kappa shape index (κ3) is 26.4. The van der Waals surface area contributed by atoms with E-state index in [4.69, 9.17) is 20.4 Å². The van der Waals surface area contributed by atoms with E-state index in [1.54, 1.807) is 6.07 Å². The quantitative estimate of drug-likeness (QED) is 0.0298. The summed E-state index contributed by atoms with van der Waals surface area (Å²) in [4.78, 5) is 247. The fourth-order valence-corrected chi connectivity index (χ4v) is 16.0. The molecule has 0 unspecified atom stereocenters. The van der Waals surface area contributed by atoms with Gasteiger partial charge in [0.05, 0.1) is 60.5 Å². The number of amides is 15. The van der Waals surface area contributed by atoms with Crippen molar-refractivity contribution in [3.8, 4) is 0 Å². The Hall–Kier alpha value is -11.6. The highest BCUT2D eigenvalue weighted by molar-refractivity contribution is 7.89. The molecule has 8 heterocycles. The van der Waals surface area contributed by atoms with Crippen molar-refractivity contribution in [3.05, 3.63) is 30.3 Å². The molecule has 1 aromatic carbocycles. The molecule has 9 rings (SSSR count). The molecule has 1 aromatic rings. The van der Waals surface area contributed by atoms with Crippen molar-refractivity contribution in [2.24, 2.45) is 0 Å². The maximum Gasteiger partial charge on any atom is 0.354 e. The maximum atomic E-state index is 13.3. The molecule has 0 spiro atoms. The summed E-state index contributed by atoms with van der Waals surface area (Å²) < 4.78 is 102. The lowest BCUT2D eigenvalue weighted by Crippen LogP contribution is -2.65. The predicted molar refractivity (Wildman–Crippen MR) is 406 cm³/mol. The van der Waals surface area contributed by atoms with Crippen LogP contribution in [-0.4, -0.2) is 372 Å². The minimum atomic E-state index is -4.15. The number of nitrogens with one attached hydrogen (secondary N) is 8. The number of hydrogen-bond donors (Lipinski definition) is 12. The molecule has 676 valence electrons. The third-order valence-corrected chi connectivity index (χ3v) is 24.6. The van der Waals surface area contributed by atoms with Gasteiger partial charge in [-0.25, -0.2) is 81.3 Å². The summed E-state index contributed by atoms with van der Waals surface area (Å²) >= 11 is 0. The highest BCUT2D eigenvalue weighted by Crippen LogP contribution is 2.30.